The largest absolute Gasteiger partial charge is 0.205 e. The molecule has 1 aromatic rings. The van der Waals surface area contributed by atoms with Crippen LogP contribution in [0.4, 0.5) is 4.39 Å². The zero-order valence-electron chi connectivity index (χ0n) is 5.14. The molecule has 0 aliphatic heterocycles. The average molecular weight is 156 g/mol. The Bertz CT molecular complexity index is 255. The van der Waals surface area contributed by atoms with Gasteiger partial charge < -0.3 is 0 Å². The number of rotatable bonds is 1. The summed E-state index contributed by atoms with van der Waals surface area (Å²) in [7, 11) is 0. The van der Waals surface area contributed by atoms with Gasteiger partial charge in [0.15, 0.2) is 0 Å². The van der Waals surface area contributed by atoms with Gasteiger partial charge in [0.2, 0.25) is 0 Å². The lowest BCUT2D eigenvalue weighted by Gasteiger charge is -1.94. The van der Waals surface area contributed by atoms with Crippen molar-refractivity contribution in [1.29, 1.82) is 0 Å². The van der Waals surface area contributed by atoms with Crippen molar-refractivity contribution in [2.45, 2.75) is 0 Å². The lowest BCUT2D eigenvalue weighted by atomic mass is 10.2. The minimum atomic E-state index is -0.424. The molecule has 0 N–H and O–H groups in total. The van der Waals surface area contributed by atoms with Gasteiger partial charge in [-0.2, -0.15) is 0 Å². The van der Waals surface area contributed by atoms with Crippen molar-refractivity contribution in [2.75, 3.05) is 0 Å². The third-order valence-corrected chi connectivity index (χ3v) is 1.43. The summed E-state index contributed by atoms with van der Waals surface area (Å²) in [4.78, 5) is 0. The average Bonchev–Trinajstić information content (AvgIpc) is 1.95. The summed E-state index contributed by atoms with van der Waals surface area (Å²) in [6.07, 6.45) is 1.37. The summed E-state index contributed by atoms with van der Waals surface area (Å²) in [5.74, 6) is -0.424. The van der Waals surface area contributed by atoms with Crippen LogP contribution in [-0.4, -0.2) is 0 Å². The standard InChI is InChI=1S/C8H5ClF/c1-2-6-3-4-8(10)7(9)5-6/h1-5H. The molecule has 0 saturated carbocycles. The maximum atomic E-state index is 12.4. The van der Waals surface area contributed by atoms with E-state index in [1.165, 1.54) is 18.2 Å². The molecule has 0 aromatic heterocycles. The molecule has 1 rings (SSSR count). The molecule has 1 aromatic carbocycles. The van der Waals surface area contributed by atoms with Gasteiger partial charge in [-0.1, -0.05) is 30.3 Å². The lowest BCUT2D eigenvalue weighted by Crippen LogP contribution is -1.76. The first-order valence-corrected chi connectivity index (χ1v) is 3.12. The Morgan fingerprint density at radius 1 is 1.50 bits per heavy atom. The van der Waals surface area contributed by atoms with E-state index in [9.17, 15) is 4.39 Å². The quantitative estimate of drug-likeness (QED) is 0.585. The molecule has 10 heavy (non-hydrogen) atoms. The number of hydrogen-bond donors (Lipinski definition) is 0. The highest BCUT2D eigenvalue weighted by atomic mass is 35.5. The third-order valence-electron chi connectivity index (χ3n) is 1.14. The summed E-state index contributed by atoms with van der Waals surface area (Å²) in [6, 6.07) is 4.30. The number of hydrogen-bond acceptors (Lipinski definition) is 0. The first kappa shape index (κ1) is 7.29. The predicted molar refractivity (Wildman–Crippen MR) is 40.2 cm³/mol. The monoisotopic (exact) mass is 155 g/mol. The molecule has 0 nitrogen and oxygen atoms in total. The second-order valence-electron chi connectivity index (χ2n) is 1.84. The van der Waals surface area contributed by atoms with E-state index in [0.717, 1.165) is 0 Å². The molecule has 0 spiro atoms. The summed E-state index contributed by atoms with van der Waals surface area (Å²) in [6.45, 7) is 5.16. The molecule has 2 heteroatoms. The van der Waals surface area contributed by atoms with E-state index in [-0.39, 0.29) is 5.02 Å². The van der Waals surface area contributed by atoms with E-state index in [4.69, 9.17) is 18.2 Å². The highest BCUT2D eigenvalue weighted by Crippen LogP contribution is 2.16. The van der Waals surface area contributed by atoms with Gasteiger partial charge in [0.05, 0.1) is 5.02 Å². The molecule has 0 amide bonds. The predicted octanol–water partition coefficient (Wildman–Crippen LogP) is 2.93. The van der Waals surface area contributed by atoms with Crippen LogP contribution >= 0.6 is 11.6 Å². The van der Waals surface area contributed by atoms with Gasteiger partial charge in [-0.3, -0.25) is 0 Å². The summed E-state index contributed by atoms with van der Waals surface area (Å²) >= 11 is 5.44. The topological polar surface area (TPSA) is 0 Å². The molecule has 0 atom stereocenters. The Morgan fingerprint density at radius 2 is 2.20 bits per heavy atom. The van der Waals surface area contributed by atoms with Gasteiger partial charge >= 0.3 is 0 Å². The van der Waals surface area contributed by atoms with Crippen LogP contribution in [0.1, 0.15) is 5.56 Å². The van der Waals surface area contributed by atoms with Gasteiger partial charge in [0.25, 0.3) is 0 Å². The van der Waals surface area contributed by atoms with E-state index in [2.05, 4.69) is 0 Å². The third kappa shape index (κ3) is 1.36. The molecule has 0 aliphatic carbocycles. The van der Waals surface area contributed by atoms with Gasteiger partial charge in [-0.15, -0.1) is 0 Å². The smallest absolute Gasteiger partial charge is 0.141 e. The second-order valence-corrected chi connectivity index (χ2v) is 2.25. The Balaban J connectivity index is 3.16. The van der Waals surface area contributed by atoms with Gasteiger partial charge in [0.1, 0.15) is 5.82 Å². The summed E-state index contributed by atoms with van der Waals surface area (Å²) < 4.78 is 12.4. The van der Waals surface area contributed by atoms with Crippen LogP contribution in [0, 0.1) is 12.4 Å². The number of halogens is 2. The summed E-state index contributed by atoms with van der Waals surface area (Å²) in [5, 5.41) is 0.0965. The summed E-state index contributed by atoms with van der Waals surface area (Å²) in [5.41, 5.74) is 0.714. The van der Waals surface area contributed by atoms with E-state index in [0.29, 0.717) is 5.56 Å². The van der Waals surface area contributed by atoms with Crippen molar-refractivity contribution in [3.63, 3.8) is 0 Å². The van der Waals surface area contributed by atoms with Crippen molar-refractivity contribution in [2.24, 2.45) is 0 Å². The van der Waals surface area contributed by atoms with Gasteiger partial charge in [0, 0.05) is 0 Å². The van der Waals surface area contributed by atoms with Crippen molar-refractivity contribution in [1.82, 2.24) is 0 Å². The van der Waals surface area contributed by atoms with Crippen LogP contribution in [-0.2, 0) is 0 Å². The Morgan fingerprint density at radius 3 is 2.70 bits per heavy atom. The highest BCUT2D eigenvalue weighted by molar-refractivity contribution is 6.30. The van der Waals surface area contributed by atoms with Crippen LogP contribution < -0.4 is 0 Å². The molecule has 51 valence electrons. The van der Waals surface area contributed by atoms with Crippen LogP contribution in [0.2, 0.25) is 5.02 Å². The highest BCUT2D eigenvalue weighted by Gasteiger charge is 1.96. The molecular weight excluding hydrogens is 151 g/mol. The lowest BCUT2D eigenvalue weighted by molar-refractivity contribution is 0.628. The fourth-order valence-electron chi connectivity index (χ4n) is 0.616. The van der Waals surface area contributed by atoms with Gasteiger partial charge in [-0.05, 0) is 17.7 Å². The minimum absolute atomic E-state index is 0.0965. The van der Waals surface area contributed by atoms with Gasteiger partial charge in [-0.25, -0.2) is 4.39 Å². The van der Waals surface area contributed by atoms with E-state index in [1.54, 1.807) is 6.07 Å². The van der Waals surface area contributed by atoms with E-state index < -0.39 is 5.82 Å². The first-order valence-electron chi connectivity index (χ1n) is 2.74. The van der Waals surface area contributed by atoms with Crippen molar-refractivity contribution >= 4 is 17.7 Å². The molecule has 0 bridgehead atoms. The molecule has 0 saturated heterocycles. The number of benzene rings is 1. The maximum Gasteiger partial charge on any atom is 0.141 e. The zero-order valence-corrected chi connectivity index (χ0v) is 5.90. The second kappa shape index (κ2) is 2.84. The van der Waals surface area contributed by atoms with E-state index in [1.807, 2.05) is 0 Å². The molecule has 1 radical (unpaired) electrons. The maximum absolute atomic E-state index is 12.4. The Kier molecular flexibility index (Phi) is 2.07. The first-order chi connectivity index (χ1) is 4.74. The molecule has 0 heterocycles. The van der Waals surface area contributed by atoms with Crippen LogP contribution in [0.5, 0.6) is 0 Å². The molecule has 0 unspecified atom stereocenters. The zero-order chi connectivity index (χ0) is 7.56. The van der Waals surface area contributed by atoms with Crippen molar-refractivity contribution in [3.05, 3.63) is 41.2 Å². The Hall–Kier alpha value is -0.820. The van der Waals surface area contributed by atoms with Crippen molar-refractivity contribution < 1.29 is 4.39 Å². The molecule has 0 fully saturated rings. The van der Waals surface area contributed by atoms with Crippen LogP contribution in [0.15, 0.2) is 18.2 Å². The molecule has 0 aliphatic rings. The fourth-order valence-corrected chi connectivity index (χ4v) is 0.805. The van der Waals surface area contributed by atoms with Crippen LogP contribution in [0.25, 0.3) is 6.08 Å². The Labute approximate surface area is 63.9 Å². The van der Waals surface area contributed by atoms with Crippen molar-refractivity contribution in [3.8, 4) is 0 Å². The normalized spacial score (nSPS) is 9.40. The SMILES string of the molecule is [CH]=Cc1ccc(F)c(Cl)c1. The van der Waals surface area contributed by atoms with E-state index >= 15 is 0 Å². The minimum Gasteiger partial charge on any atom is -0.205 e. The molecular formula is C8H5ClF. The van der Waals surface area contributed by atoms with Crippen LogP contribution in [0.3, 0.4) is 0 Å². The fraction of sp³-hybridized carbons (Fsp3) is 0.